The van der Waals surface area contributed by atoms with Crippen molar-refractivity contribution in [2.75, 3.05) is 24.3 Å². The molecule has 8 heteroatoms. The average Bonchev–Trinajstić information content (AvgIpc) is 2.72. The fourth-order valence-electron chi connectivity index (χ4n) is 2.69. The number of pyridine rings is 1. The van der Waals surface area contributed by atoms with Gasteiger partial charge in [-0.2, -0.15) is 0 Å². The number of halogens is 2. The summed E-state index contributed by atoms with van der Waals surface area (Å²) in [6.07, 6.45) is 1.71. The van der Waals surface area contributed by atoms with Crippen molar-refractivity contribution in [2.24, 2.45) is 0 Å². The van der Waals surface area contributed by atoms with Crippen LogP contribution in [-0.2, 0) is 6.54 Å². The number of hydrogen-bond acceptors (Lipinski definition) is 4. The van der Waals surface area contributed by atoms with Crippen LogP contribution < -0.4 is 15.5 Å². The molecule has 154 valence electrons. The summed E-state index contributed by atoms with van der Waals surface area (Å²) in [5.41, 5.74) is 2.34. The van der Waals surface area contributed by atoms with Crippen LogP contribution in [0, 0.1) is 0 Å². The maximum absolute atomic E-state index is 12.4. The highest BCUT2D eigenvalue weighted by Gasteiger charge is 2.10. The minimum Gasteiger partial charge on any atom is -0.363 e. The van der Waals surface area contributed by atoms with Gasteiger partial charge in [-0.05, 0) is 60.2 Å². The van der Waals surface area contributed by atoms with Crippen molar-refractivity contribution in [1.82, 2.24) is 10.3 Å². The van der Waals surface area contributed by atoms with Crippen molar-refractivity contribution in [2.45, 2.75) is 6.54 Å². The van der Waals surface area contributed by atoms with E-state index in [1.165, 1.54) is 12.1 Å². The molecule has 0 bridgehead atoms. The summed E-state index contributed by atoms with van der Waals surface area (Å²) < 4.78 is 0. The Kier molecular flexibility index (Phi) is 6.92. The highest BCUT2D eigenvalue weighted by atomic mass is 35.5. The van der Waals surface area contributed by atoms with Crippen LogP contribution in [0.2, 0.25) is 10.0 Å². The zero-order valence-corrected chi connectivity index (χ0v) is 18.0. The van der Waals surface area contributed by atoms with Gasteiger partial charge in [-0.1, -0.05) is 23.2 Å². The Hall–Kier alpha value is -3.09. The Labute approximate surface area is 184 Å². The molecular formula is C22H20Cl2N4O2. The first-order valence-electron chi connectivity index (χ1n) is 9.10. The van der Waals surface area contributed by atoms with E-state index < -0.39 is 0 Å². The van der Waals surface area contributed by atoms with Crippen LogP contribution in [0.1, 0.15) is 26.3 Å². The number of carbonyl (C=O) groups excluding carboxylic acids is 2. The molecule has 30 heavy (non-hydrogen) atoms. The third-order valence-corrected chi connectivity index (χ3v) is 4.69. The molecule has 0 aliphatic rings. The van der Waals surface area contributed by atoms with E-state index in [0.717, 1.165) is 11.4 Å². The largest absolute Gasteiger partial charge is 0.363 e. The summed E-state index contributed by atoms with van der Waals surface area (Å²) in [5, 5.41) is 6.39. The highest BCUT2D eigenvalue weighted by molar-refractivity contribution is 6.35. The third kappa shape index (κ3) is 5.72. The minimum atomic E-state index is -0.342. The minimum absolute atomic E-state index is 0.210. The zero-order valence-electron chi connectivity index (χ0n) is 16.4. The maximum atomic E-state index is 12.4. The summed E-state index contributed by atoms with van der Waals surface area (Å²) in [6, 6.07) is 15.0. The topological polar surface area (TPSA) is 74.3 Å². The molecule has 2 amide bonds. The summed E-state index contributed by atoms with van der Waals surface area (Å²) in [4.78, 5) is 30.9. The molecule has 0 unspecified atom stereocenters. The molecule has 0 spiro atoms. The number of rotatable bonds is 6. The smallest absolute Gasteiger partial charge is 0.255 e. The molecule has 1 heterocycles. The number of nitrogens with zero attached hydrogens (tertiary/aromatic N) is 2. The van der Waals surface area contributed by atoms with Crippen LogP contribution in [0.4, 0.5) is 11.5 Å². The first kappa shape index (κ1) is 21.6. The molecule has 0 radical (unpaired) electrons. The van der Waals surface area contributed by atoms with Gasteiger partial charge in [0.1, 0.15) is 5.82 Å². The molecule has 0 saturated heterocycles. The van der Waals surface area contributed by atoms with E-state index in [1.54, 1.807) is 36.5 Å². The van der Waals surface area contributed by atoms with Crippen molar-refractivity contribution in [3.8, 4) is 0 Å². The van der Waals surface area contributed by atoms with Gasteiger partial charge in [-0.25, -0.2) is 4.98 Å². The van der Waals surface area contributed by atoms with E-state index in [1.807, 2.05) is 31.1 Å². The SMILES string of the molecule is CN(C)c1cc(CNC(=O)c2ccc(NC(=O)c3cc(Cl)cc(Cl)c3)cc2)ccn1. The standard InChI is InChI=1S/C22H20Cl2N4O2/c1-28(2)20-9-14(7-8-25-20)13-26-21(29)15-3-5-19(6-4-15)27-22(30)16-10-17(23)12-18(24)11-16/h3-12H,13H2,1-2H3,(H,26,29)(H,27,30). The summed E-state index contributed by atoms with van der Waals surface area (Å²) >= 11 is 11.9. The number of benzene rings is 2. The molecule has 0 saturated carbocycles. The van der Waals surface area contributed by atoms with Crippen molar-refractivity contribution in [3.05, 3.63) is 87.5 Å². The van der Waals surface area contributed by atoms with Gasteiger partial charge in [-0.15, -0.1) is 0 Å². The second-order valence-electron chi connectivity index (χ2n) is 6.79. The van der Waals surface area contributed by atoms with Gasteiger partial charge in [0.15, 0.2) is 0 Å². The summed E-state index contributed by atoms with van der Waals surface area (Å²) in [6.45, 7) is 0.385. The lowest BCUT2D eigenvalue weighted by Gasteiger charge is -2.12. The number of carbonyl (C=O) groups is 2. The Morgan fingerprint density at radius 1 is 0.900 bits per heavy atom. The molecule has 6 nitrogen and oxygen atoms in total. The molecule has 2 aromatic carbocycles. The Morgan fingerprint density at radius 3 is 2.20 bits per heavy atom. The number of aromatic nitrogens is 1. The maximum Gasteiger partial charge on any atom is 0.255 e. The molecule has 0 aliphatic heterocycles. The quantitative estimate of drug-likeness (QED) is 0.583. The Balaban J connectivity index is 1.60. The number of nitrogens with one attached hydrogen (secondary N) is 2. The predicted octanol–water partition coefficient (Wildman–Crippen LogP) is 4.64. The van der Waals surface area contributed by atoms with Crippen LogP contribution in [-0.4, -0.2) is 30.9 Å². The molecule has 0 fully saturated rings. The first-order valence-corrected chi connectivity index (χ1v) is 9.85. The fraction of sp³-hybridized carbons (Fsp3) is 0.136. The van der Waals surface area contributed by atoms with E-state index in [9.17, 15) is 9.59 Å². The molecular weight excluding hydrogens is 423 g/mol. The molecule has 3 rings (SSSR count). The van der Waals surface area contributed by atoms with E-state index in [-0.39, 0.29) is 11.8 Å². The highest BCUT2D eigenvalue weighted by Crippen LogP contribution is 2.20. The van der Waals surface area contributed by atoms with Gasteiger partial charge in [0.25, 0.3) is 11.8 Å². The van der Waals surface area contributed by atoms with Crippen molar-refractivity contribution in [3.63, 3.8) is 0 Å². The van der Waals surface area contributed by atoms with Gasteiger partial charge in [0.2, 0.25) is 0 Å². The third-order valence-electron chi connectivity index (χ3n) is 4.25. The van der Waals surface area contributed by atoms with Crippen LogP contribution in [0.5, 0.6) is 0 Å². The van der Waals surface area contributed by atoms with E-state index >= 15 is 0 Å². The first-order chi connectivity index (χ1) is 14.3. The monoisotopic (exact) mass is 442 g/mol. The van der Waals surface area contributed by atoms with Crippen LogP contribution in [0.15, 0.2) is 60.8 Å². The van der Waals surface area contributed by atoms with E-state index in [0.29, 0.717) is 33.4 Å². The average molecular weight is 443 g/mol. The van der Waals surface area contributed by atoms with Crippen molar-refractivity contribution in [1.29, 1.82) is 0 Å². The van der Waals surface area contributed by atoms with Gasteiger partial charge in [0, 0.05) is 53.7 Å². The zero-order chi connectivity index (χ0) is 21.7. The predicted molar refractivity (Wildman–Crippen MR) is 121 cm³/mol. The van der Waals surface area contributed by atoms with Crippen molar-refractivity contribution < 1.29 is 9.59 Å². The second-order valence-corrected chi connectivity index (χ2v) is 7.66. The van der Waals surface area contributed by atoms with Gasteiger partial charge in [0.05, 0.1) is 0 Å². The Morgan fingerprint density at radius 2 is 1.57 bits per heavy atom. The number of anilines is 2. The molecule has 0 atom stereocenters. The number of amides is 2. The second kappa shape index (κ2) is 9.61. The van der Waals surface area contributed by atoms with Crippen LogP contribution in [0.25, 0.3) is 0 Å². The van der Waals surface area contributed by atoms with E-state index in [4.69, 9.17) is 23.2 Å². The molecule has 0 aliphatic carbocycles. The lowest BCUT2D eigenvalue weighted by molar-refractivity contribution is 0.0950. The lowest BCUT2D eigenvalue weighted by Crippen LogP contribution is -2.23. The number of hydrogen-bond donors (Lipinski definition) is 2. The van der Waals surface area contributed by atoms with Gasteiger partial charge in [-0.3, -0.25) is 9.59 Å². The summed E-state index contributed by atoms with van der Waals surface area (Å²) in [5.74, 6) is 0.270. The Bertz CT molecular complexity index is 1050. The van der Waals surface area contributed by atoms with Crippen molar-refractivity contribution >= 4 is 46.5 Å². The van der Waals surface area contributed by atoms with Crippen LogP contribution >= 0.6 is 23.2 Å². The fourth-order valence-corrected chi connectivity index (χ4v) is 3.22. The summed E-state index contributed by atoms with van der Waals surface area (Å²) in [7, 11) is 3.82. The van der Waals surface area contributed by atoms with E-state index in [2.05, 4.69) is 15.6 Å². The molecule has 1 aromatic heterocycles. The lowest BCUT2D eigenvalue weighted by atomic mass is 10.1. The van der Waals surface area contributed by atoms with Gasteiger partial charge < -0.3 is 15.5 Å². The van der Waals surface area contributed by atoms with Gasteiger partial charge >= 0.3 is 0 Å². The molecule has 3 aromatic rings. The normalized spacial score (nSPS) is 10.4. The van der Waals surface area contributed by atoms with Crippen LogP contribution in [0.3, 0.4) is 0 Å². The molecule has 2 N–H and O–H groups in total.